The van der Waals surface area contributed by atoms with Crippen LogP contribution in [0.2, 0.25) is 0 Å². The highest BCUT2D eigenvalue weighted by Gasteiger charge is 2.33. The van der Waals surface area contributed by atoms with Crippen LogP contribution in [0.4, 0.5) is 0 Å². The van der Waals surface area contributed by atoms with E-state index in [-0.39, 0.29) is 36.8 Å². The van der Waals surface area contributed by atoms with E-state index in [9.17, 15) is 4.79 Å². The van der Waals surface area contributed by atoms with Crippen molar-refractivity contribution >= 4 is 30.7 Å². The van der Waals surface area contributed by atoms with Crippen molar-refractivity contribution in [2.24, 2.45) is 11.7 Å². The molecule has 132 valence electrons. The lowest BCUT2D eigenvalue weighted by Crippen LogP contribution is -2.41. The molecule has 3 rings (SSSR count). The third-order valence-electron chi connectivity index (χ3n) is 5.08. The number of piperidine rings is 1. The quantitative estimate of drug-likeness (QED) is 0.898. The van der Waals surface area contributed by atoms with Gasteiger partial charge in [-0.15, -0.1) is 24.8 Å². The molecule has 1 aromatic rings. The van der Waals surface area contributed by atoms with Crippen molar-refractivity contribution in [2.75, 3.05) is 13.1 Å². The Bertz CT molecular complexity index is 500. The van der Waals surface area contributed by atoms with Crippen LogP contribution >= 0.6 is 24.8 Å². The van der Waals surface area contributed by atoms with Crippen molar-refractivity contribution < 1.29 is 4.79 Å². The summed E-state index contributed by atoms with van der Waals surface area (Å²) in [6.45, 7) is 4.78. The second kappa shape index (κ2) is 8.90. The Balaban J connectivity index is 0.00000132. The predicted molar refractivity (Wildman–Crippen MR) is 96.3 cm³/mol. The van der Waals surface area contributed by atoms with Crippen LogP contribution in [0.1, 0.15) is 50.5 Å². The maximum absolute atomic E-state index is 12.5. The summed E-state index contributed by atoms with van der Waals surface area (Å²) >= 11 is 0. The number of nitrogens with zero attached hydrogens (tertiary/aromatic N) is 3. The van der Waals surface area contributed by atoms with Gasteiger partial charge in [0.25, 0.3) is 0 Å². The first kappa shape index (κ1) is 20.3. The van der Waals surface area contributed by atoms with E-state index in [1.165, 1.54) is 5.56 Å². The average Bonchev–Trinajstić information content (AvgIpc) is 3.15. The molecule has 2 N–H and O–H groups in total. The van der Waals surface area contributed by atoms with Gasteiger partial charge in [-0.05, 0) is 50.5 Å². The van der Waals surface area contributed by atoms with Gasteiger partial charge in [-0.2, -0.15) is 5.10 Å². The zero-order valence-corrected chi connectivity index (χ0v) is 15.3. The van der Waals surface area contributed by atoms with Crippen LogP contribution in [0.5, 0.6) is 0 Å². The molecule has 5 nitrogen and oxygen atoms in total. The van der Waals surface area contributed by atoms with Crippen LogP contribution < -0.4 is 5.73 Å². The predicted octanol–water partition coefficient (Wildman–Crippen LogP) is 2.58. The second-order valence-electron chi connectivity index (χ2n) is 6.50. The van der Waals surface area contributed by atoms with Gasteiger partial charge >= 0.3 is 0 Å². The molecule has 7 heteroatoms. The van der Waals surface area contributed by atoms with Crippen LogP contribution in [-0.2, 0) is 11.3 Å². The number of hydrogen-bond donors (Lipinski definition) is 1. The van der Waals surface area contributed by atoms with E-state index in [1.807, 2.05) is 10.9 Å². The molecule has 0 radical (unpaired) electrons. The minimum absolute atomic E-state index is 0. The average molecular weight is 363 g/mol. The zero-order chi connectivity index (χ0) is 14.8. The number of amides is 1. The molecule has 2 heterocycles. The summed E-state index contributed by atoms with van der Waals surface area (Å²) in [7, 11) is 0. The number of carbonyl (C=O) groups excluding carboxylic acids is 1. The zero-order valence-electron chi connectivity index (χ0n) is 13.7. The summed E-state index contributed by atoms with van der Waals surface area (Å²) in [6.07, 6.45) is 9.11. The Morgan fingerprint density at radius 2 is 1.96 bits per heavy atom. The summed E-state index contributed by atoms with van der Waals surface area (Å²) < 4.78 is 1.98. The van der Waals surface area contributed by atoms with E-state index in [0.717, 1.165) is 51.7 Å². The first-order valence-electron chi connectivity index (χ1n) is 8.24. The molecule has 2 atom stereocenters. The molecule has 1 amide bonds. The smallest absolute Gasteiger partial charge is 0.225 e. The molecule has 2 unspecified atom stereocenters. The Kier molecular flexibility index (Phi) is 7.84. The van der Waals surface area contributed by atoms with Crippen LogP contribution in [0.15, 0.2) is 12.4 Å². The number of hydrogen-bond acceptors (Lipinski definition) is 3. The molecule has 1 saturated carbocycles. The number of nitrogens with two attached hydrogens (primary N) is 1. The van der Waals surface area contributed by atoms with E-state index < -0.39 is 0 Å². The molecule has 2 fully saturated rings. The van der Waals surface area contributed by atoms with Gasteiger partial charge in [-0.3, -0.25) is 9.48 Å². The summed E-state index contributed by atoms with van der Waals surface area (Å²) in [4.78, 5) is 14.6. The van der Waals surface area contributed by atoms with Crippen molar-refractivity contribution in [1.82, 2.24) is 14.7 Å². The van der Waals surface area contributed by atoms with Crippen LogP contribution in [0.25, 0.3) is 0 Å². The standard InChI is InChI=1S/C16H26N4O.2ClH/c1-2-20-11-14(10-18-20)12-5-7-19(8-6-12)16(21)13-3-4-15(17)9-13;;/h10-13,15H,2-9,17H2,1H3;2*1H. The fourth-order valence-corrected chi connectivity index (χ4v) is 3.70. The van der Waals surface area contributed by atoms with E-state index in [1.54, 1.807) is 0 Å². The number of aromatic nitrogens is 2. The van der Waals surface area contributed by atoms with Crippen LogP contribution in [0, 0.1) is 5.92 Å². The van der Waals surface area contributed by atoms with Crippen molar-refractivity contribution in [3.63, 3.8) is 0 Å². The van der Waals surface area contributed by atoms with Crippen LogP contribution in [-0.4, -0.2) is 39.7 Å². The lowest BCUT2D eigenvalue weighted by molar-refractivity contribution is -0.136. The van der Waals surface area contributed by atoms with E-state index in [2.05, 4.69) is 23.1 Å². The third-order valence-corrected chi connectivity index (χ3v) is 5.08. The second-order valence-corrected chi connectivity index (χ2v) is 6.50. The van der Waals surface area contributed by atoms with Gasteiger partial charge in [0.1, 0.15) is 0 Å². The van der Waals surface area contributed by atoms with Crippen molar-refractivity contribution in [3.05, 3.63) is 18.0 Å². The van der Waals surface area contributed by atoms with Gasteiger partial charge in [0.2, 0.25) is 5.91 Å². The van der Waals surface area contributed by atoms with Gasteiger partial charge in [0, 0.05) is 37.8 Å². The molecule has 23 heavy (non-hydrogen) atoms. The number of likely N-dealkylation sites (tertiary alicyclic amines) is 1. The minimum atomic E-state index is 0. The largest absolute Gasteiger partial charge is 0.342 e. The Hall–Kier alpha value is -0.780. The van der Waals surface area contributed by atoms with Gasteiger partial charge < -0.3 is 10.6 Å². The molecular formula is C16H28Cl2N4O. The fourth-order valence-electron chi connectivity index (χ4n) is 3.70. The molecule has 1 aliphatic heterocycles. The van der Waals surface area contributed by atoms with Crippen molar-refractivity contribution in [1.29, 1.82) is 0 Å². The van der Waals surface area contributed by atoms with Gasteiger partial charge in [-0.25, -0.2) is 0 Å². The maximum Gasteiger partial charge on any atom is 0.225 e. The highest BCUT2D eigenvalue weighted by molar-refractivity contribution is 5.85. The van der Waals surface area contributed by atoms with Gasteiger partial charge in [-0.1, -0.05) is 0 Å². The summed E-state index contributed by atoms with van der Waals surface area (Å²) in [5.74, 6) is 1.07. The summed E-state index contributed by atoms with van der Waals surface area (Å²) in [5, 5.41) is 4.36. The topological polar surface area (TPSA) is 64.2 Å². The molecule has 0 aromatic carbocycles. The number of carbonyl (C=O) groups is 1. The normalized spacial score (nSPS) is 24.9. The monoisotopic (exact) mass is 362 g/mol. The van der Waals surface area contributed by atoms with Crippen molar-refractivity contribution in [2.45, 2.75) is 57.5 Å². The molecule has 1 saturated heterocycles. The first-order valence-corrected chi connectivity index (χ1v) is 8.24. The molecule has 1 aliphatic carbocycles. The SMILES string of the molecule is CCn1cc(C2CCN(C(=O)C3CCC(N)C3)CC2)cn1.Cl.Cl. The highest BCUT2D eigenvalue weighted by atomic mass is 35.5. The Morgan fingerprint density at radius 3 is 2.48 bits per heavy atom. The lowest BCUT2D eigenvalue weighted by Gasteiger charge is -2.33. The maximum atomic E-state index is 12.5. The Labute approximate surface area is 150 Å². The van der Waals surface area contributed by atoms with E-state index in [0.29, 0.717) is 11.8 Å². The number of halogens is 2. The molecule has 0 bridgehead atoms. The van der Waals surface area contributed by atoms with Crippen LogP contribution in [0.3, 0.4) is 0 Å². The summed E-state index contributed by atoms with van der Waals surface area (Å²) in [6, 6.07) is 0.233. The summed E-state index contributed by atoms with van der Waals surface area (Å²) in [5.41, 5.74) is 7.25. The lowest BCUT2D eigenvalue weighted by atomic mass is 9.91. The fraction of sp³-hybridized carbons (Fsp3) is 0.750. The minimum Gasteiger partial charge on any atom is -0.342 e. The molecule has 2 aliphatic rings. The van der Waals surface area contributed by atoms with Gasteiger partial charge in [0.15, 0.2) is 0 Å². The Morgan fingerprint density at radius 1 is 1.26 bits per heavy atom. The molecular weight excluding hydrogens is 335 g/mol. The molecule has 1 aromatic heterocycles. The number of rotatable bonds is 3. The van der Waals surface area contributed by atoms with E-state index in [4.69, 9.17) is 5.73 Å². The molecule has 0 spiro atoms. The van der Waals surface area contributed by atoms with Crippen molar-refractivity contribution in [3.8, 4) is 0 Å². The highest BCUT2D eigenvalue weighted by Crippen LogP contribution is 2.31. The van der Waals surface area contributed by atoms with Gasteiger partial charge in [0.05, 0.1) is 6.20 Å². The third kappa shape index (κ3) is 4.61. The van der Waals surface area contributed by atoms with E-state index >= 15 is 0 Å². The number of aryl methyl sites for hydroxylation is 1. The first-order chi connectivity index (χ1) is 10.2.